The van der Waals surface area contributed by atoms with Gasteiger partial charge in [-0.15, -0.1) is 0 Å². The molecule has 2 fully saturated rings. The van der Waals surface area contributed by atoms with Gasteiger partial charge in [0.15, 0.2) is 0 Å². The number of hydrogen-bond donors (Lipinski definition) is 0. The summed E-state index contributed by atoms with van der Waals surface area (Å²) in [6.07, 6.45) is 1.69. The molecule has 0 saturated carbocycles. The maximum Gasteiger partial charge on any atom is 0.410 e. The number of ether oxygens (including phenoxy) is 2. The number of aryl methyl sites for hydroxylation is 1. The molecule has 2 aliphatic heterocycles. The van der Waals surface area contributed by atoms with E-state index in [0.29, 0.717) is 70.3 Å². The number of benzene rings is 2. The number of cyclic esters (lactones) is 1. The number of carbonyl (C=O) groups is 1. The molecule has 4 heterocycles. The van der Waals surface area contributed by atoms with Gasteiger partial charge in [0.05, 0.1) is 29.2 Å². The van der Waals surface area contributed by atoms with Crippen LogP contribution in [0.5, 0.6) is 5.75 Å². The van der Waals surface area contributed by atoms with E-state index in [1.807, 2.05) is 12.1 Å². The fourth-order valence-corrected chi connectivity index (χ4v) is 5.28. The van der Waals surface area contributed by atoms with Crippen molar-refractivity contribution in [2.45, 2.75) is 45.0 Å². The molecule has 2 atom stereocenters. The molecule has 4 aromatic rings. The monoisotopic (exact) mass is 555 g/mol. The van der Waals surface area contributed by atoms with Gasteiger partial charge in [-0.1, -0.05) is 23.7 Å². The molecule has 0 bridgehead atoms. The Morgan fingerprint density at radius 2 is 1.97 bits per heavy atom. The van der Waals surface area contributed by atoms with Crippen LogP contribution in [0.4, 0.5) is 13.6 Å². The van der Waals surface area contributed by atoms with E-state index in [9.17, 15) is 18.4 Å². The molecule has 202 valence electrons. The smallest absolute Gasteiger partial charge is 0.410 e. The lowest BCUT2D eigenvalue weighted by Gasteiger charge is -2.33. The normalized spacial score (nSPS) is 19.0. The van der Waals surface area contributed by atoms with Crippen molar-refractivity contribution in [2.24, 2.45) is 0 Å². The van der Waals surface area contributed by atoms with Crippen molar-refractivity contribution in [3.05, 3.63) is 75.4 Å². The van der Waals surface area contributed by atoms with Crippen LogP contribution >= 0.6 is 11.6 Å². The lowest BCUT2D eigenvalue weighted by Crippen LogP contribution is -2.44. The number of halogens is 3. The molecule has 2 aliphatic rings. The van der Waals surface area contributed by atoms with E-state index in [0.717, 1.165) is 5.56 Å². The molecule has 12 heteroatoms. The van der Waals surface area contributed by atoms with Crippen LogP contribution in [0.25, 0.3) is 22.2 Å². The minimum absolute atomic E-state index is 0.0980. The third-order valence-corrected chi connectivity index (χ3v) is 7.43. The number of fused-ring (bicyclic) bond motifs is 2. The van der Waals surface area contributed by atoms with E-state index < -0.39 is 6.55 Å². The summed E-state index contributed by atoms with van der Waals surface area (Å²) in [5.74, 6) is 0.838. The van der Waals surface area contributed by atoms with Gasteiger partial charge in [-0.25, -0.2) is 14.5 Å². The maximum atomic E-state index is 13.7. The number of carbonyl (C=O) groups excluding carboxylic acids is 1. The number of rotatable bonds is 6. The van der Waals surface area contributed by atoms with Crippen molar-refractivity contribution in [1.29, 1.82) is 0 Å². The predicted molar refractivity (Wildman–Crippen MR) is 139 cm³/mol. The van der Waals surface area contributed by atoms with Gasteiger partial charge in [0.25, 0.3) is 5.56 Å². The van der Waals surface area contributed by atoms with Crippen LogP contribution in [-0.2, 0) is 11.3 Å². The molecule has 39 heavy (non-hydrogen) atoms. The molecule has 0 radical (unpaired) electrons. The van der Waals surface area contributed by atoms with Crippen molar-refractivity contribution in [3.8, 4) is 17.0 Å². The van der Waals surface area contributed by atoms with Crippen molar-refractivity contribution in [1.82, 2.24) is 24.2 Å². The highest BCUT2D eigenvalue weighted by Gasteiger charge is 2.39. The Labute approximate surface area is 226 Å². The van der Waals surface area contributed by atoms with Gasteiger partial charge in [0.2, 0.25) is 0 Å². The topological polar surface area (TPSA) is 91.5 Å². The molecule has 0 unspecified atom stereocenters. The van der Waals surface area contributed by atoms with Crippen LogP contribution in [0.15, 0.2) is 53.5 Å². The fraction of sp³-hybridized carbons (Fsp3) is 0.333. The van der Waals surface area contributed by atoms with E-state index >= 15 is 0 Å². The van der Waals surface area contributed by atoms with Crippen LogP contribution in [0.3, 0.4) is 0 Å². The van der Waals surface area contributed by atoms with Crippen molar-refractivity contribution in [2.75, 3.05) is 13.2 Å². The van der Waals surface area contributed by atoms with Gasteiger partial charge in [0.1, 0.15) is 24.3 Å². The SMILES string of the molecule is Cc1nc2cc(-c3ccn(C(F)F)n3)c(O[C@H]3CCN4C(=O)OC[C@@H]4C3)cc2c(=O)n1Cc1ccc(Cl)cc1. The fourth-order valence-electron chi connectivity index (χ4n) is 5.16. The molecule has 2 saturated heterocycles. The first kappa shape index (κ1) is 25.3. The average Bonchev–Trinajstić information content (AvgIpc) is 3.55. The highest BCUT2D eigenvalue weighted by Crippen LogP contribution is 2.35. The van der Waals surface area contributed by atoms with Gasteiger partial charge in [-0.05, 0) is 42.8 Å². The second-order valence-corrected chi connectivity index (χ2v) is 10.1. The van der Waals surface area contributed by atoms with Crippen LogP contribution in [0.2, 0.25) is 5.02 Å². The predicted octanol–water partition coefficient (Wildman–Crippen LogP) is 5.03. The van der Waals surface area contributed by atoms with Crippen molar-refractivity contribution in [3.63, 3.8) is 0 Å². The summed E-state index contributed by atoms with van der Waals surface area (Å²) in [5, 5.41) is 4.95. The average molecular weight is 556 g/mol. The van der Waals surface area contributed by atoms with E-state index in [2.05, 4.69) is 10.1 Å². The summed E-state index contributed by atoms with van der Waals surface area (Å²) < 4.78 is 40.3. The zero-order chi connectivity index (χ0) is 27.3. The van der Waals surface area contributed by atoms with Gasteiger partial charge in [-0.2, -0.15) is 13.9 Å². The Hall–Kier alpha value is -3.99. The Morgan fingerprint density at radius 1 is 1.18 bits per heavy atom. The molecule has 0 aliphatic carbocycles. The third kappa shape index (κ3) is 4.82. The Balaban J connectivity index is 1.41. The van der Waals surface area contributed by atoms with Crippen molar-refractivity contribution < 1.29 is 23.0 Å². The maximum absolute atomic E-state index is 13.7. The third-order valence-electron chi connectivity index (χ3n) is 7.18. The van der Waals surface area contributed by atoms with Gasteiger partial charge >= 0.3 is 12.6 Å². The van der Waals surface area contributed by atoms with Crippen LogP contribution in [0, 0.1) is 6.92 Å². The van der Waals surface area contributed by atoms with Gasteiger partial charge in [-0.3, -0.25) is 9.36 Å². The molecule has 1 amide bonds. The molecule has 9 nitrogen and oxygen atoms in total. The van der Waals surface area contributed by atoms with E-state index in [1.165, 1.54) is 12.3 Å². The quantitative estimate of drug-likeness (QED) is 0.331. The Morgan fingerprint density at radius 3 is 2.72 bits per heavy atom. The number of aromatic nitrogens is 4. The minimum Gasteiger partial charge on any atom is -0.490 e. The first-order valence-electron chi connectivity index (χ1n) is 12.5. The molecular formula is C27H24ClF2N5O4. The van der Waals surface area contributed by atoms with Crippen LogP contribution < -0.4 is 10.3 Å². The summed E-state index contributed by atoms with van der Waals surface area (Å²) in [6.45, 7) is 0.0148. The number of nitrogens with zero attached hydrogens (tertiary/aromatic N) is 5. The number of hydrogen-bond acceptors (Lipinski definition) is 6. The summed E-state index contributed by atoms with van der Waals surface area (Å²) in [6, 6.07) is 11.9. The summed E-state index contributed by atoms with van der Waals surface area (Å²) in [4.78, 5) is 31.9. The highest BCUT2D eigenvalue weighted by molar-refractivity contribution is 6.30. The zero-order valence-corrected chi connectivity index (χ0v) is 21.6. The lowest BCUT2D eigenvalue weighted by atomic mass is 10.0. The molecule has 6 rings (SSSR count). The van der Waals surface area contributed by atoms with E-state index in [4.69, 9.17) is 21.1 Å². The Bertz CT molecular complexity index is 1620. The second-order valence-electron chi connectivity index (χ2n) is 9.69. The van der Waals surface area contributed by atoms with Gasteiger partial charge in [0, 0.05) is 36.2 Å². The standard InChI is InChI=1S/C27H24ClF2N5O4/c1-15-31-23-11-20(22-7-9-35(32-22)26(29)30)24(39-19-6-8-33-18(10-19)14-38-27(33)37)12-21(23)25(36)34(15)13-16-2-4-17(28)5-3-16/h2-5,7,9,11-12,18-19,26H,6,8,10,13-14H2,1H3/t18-,19-/m0/s1. The molecule has 0 N–H and O–H groups in total. The zero-order valence-electron chi connectivity index (χ0n) is 20.9. The van der Waals surface area contributed by atoms with Gasteiger partial charge < -0.3 is 14.4 Å². The Kier molecular flexibility index (Phi) is 6.46. The molecule has 2 aromatic heterocycles. The molecular weight excluding hydrogens is 532 g/mol. The van der Waals surface area contributed by atoms with Crippen LogP contribution in [-0.4, -0.2) is 55.6 Å². The van der Waals surface area contributed by atoms with E-state index in [-0.39, 0.29) is 29.5 Å². The minimum atomic E-state index is -2.80. The summed E-state index contributed by atoms with van der Waals surface area (Å²) in [7, 11) is 0. The van der Waals surface area contributed by atoms with E-state index in [1.54, 1.807) is 40.7 Å². The number of amides is 1. The van der Waals surface area contributed by atoms with Crippen LogP contribution in [0.1, 0.15) is 30.8 Å². The number of piperidine rings is 1. The highest BCUT2D eigenvalue weighted by atomic mass is 35.5. The summed E-state index contributed by atoms with van der Waals surface area (Å²) in [5.41, 5.74) is 1.75. The first-order valence-corrected chi connectivity index (χ1v) is 12.9. The molecule has 0 spiro atoms. The largest absolute Gasteiger partial charge is 0.490 e. The second kappa shape index (κ2) is 9.96. The van der Waals surface area contributed by atoms with Crippen molar-refractivity contribution >= 4 is 28.6 Å². The lowest BCUT2D eigenvalue weighted by molar-refractivity contribution is 0.0568. The summed E-state index contributed by atoms with van der Waals surface area (Å²) >= 11 is 6.00. The molecule has 2 aromatic carbocycles. The first-order chi connectivity index (χ1) is 18.8. The number of alkyl halides is 2.